The Morgan fingerprint density at radius 3 is 3.27 bits per heavy atom. The Morgan fingerprint density at radius 1 is 1.73 bits per heavy atom. The summed E-state index contributed by atoms with van der Waals surface area (Å²) >= 11 is 0. The van der Waals surface area contributed by atoms with Gasteiger partial charge in [-0.05, 0) is 20.3 Å². The molecule has 82 valence electrons. The minimum absolute atomic E-state index is 0.0620. The second kappa shape index (κ2) is 4.02. The van der Waals surface area contributed by atoms with Crippen LogP contribution >= 0.6 is 0 Å². The number of hydrazone groups is 1. The number of nitrogens with zero attached hydrogens (tertiary/aromatic N) is 3. The van der Waals surface area contributed by atoms with E-state index in [1.807, 2.05) is 19.9 Å². The maximum atomic E-state index is 11.9. The summed E-state index contributed by atoms with van der Waals surface area (Å²) < 4.78 is 0. The van der Waals surface area contributed by atoms with Gasteiger partial charge in [-0.1, -0.05) is 11.6 Å². The van der Waals surface area contributed by atoms with E-state index in [1.165, 1.54) is 10.6 Å². The van der Waals surface area contributed by atoms with Crippen LogP contribution in [-0.4, -0.2) is 41.4 Å². The van der Waals surface area contributed by atoms with Gasteiger partial charge in [0.2, 0.25) is 0 Å². The van der Waals surface area contributed by atoms with Crippen molar-refractivity contribution in [2.24, 2.45) is 5.10 Å². The molecule has 5 nitrogen and oxygen atoms in total. The Kier molecular flexibility index (Phi) is 2.73. The van der Waals surface area contributed by atoms with Crippen LogP contribution in [0.25, 0.3) is 0 Å². The third kappa shape index (κ3) is 2.02. The highest BCUT2D eigenvalue weighted by molar-refractivity contribution is 5.87. The van der Waals surface area contributed by atoms with Crippen molar-refractivity contribution in [2.75, 3.05) is 13.1 Å². The van der Waals surface area contributed by atoms with Gasteiger partial charge in [-0.2, -0.15) is 5.10 Å². The smallest absolute Gasteiger partial charge is 0.267 e. The Labute approximate surface area is 89.4 Å². The van der Waals surface area contributed by atoms with Crippen molar-refractivity contribution in [1.29, 1.82) is 0 Å². The fourth-order valence-electron chi connectivity index (χ4n) is 1.70. The van der Waals surface area contributed by atoms with Gasteiger partial charge in [-0.3, -0.25) is 9.80 Å². The molecule has 15 heavy (non-hydrogen) atoms. The first-order valence-corrected chi connectivity index (χ1v) is 5.19. The number of hydrazine groups is 1. The van der Waals surface area contributed by atoms with E-state index in [-0.39, 0.29) is 11.9 Å². The summed E-state index contributed by atoms with van der Waals surface area (Å²) in [6.45, 7) is 5.45. The molecule has 0 saturated carbocycles. The Balaban J connectivity index is 2.06. The first-order valence-electron chi connectivity index (χ1n) is 5.19. The van der Waals surface area contributed by atoms with E-state index in [1.54, 1.807) is 11.3 Å². The highest BCUT2D eigenvalue weighted by Crippen LogP contribution is 2.14. The zero-order chi connectivity index (χ0) is 10.8. The summed E-state index contributed by atoms with van der Waals surface area (Å²) in [5, 5.41) is 7.42. The molecular formula is C10H16N4O. The summed E-state index contributed by atoms with van der Waals surface area (Å²) in [6.07, 6.45) is 4.56. The maximum absolute atomic E-state index is 11.9. The van der Waals surface area contributed by atoms with Gasteiger partial charge >= 0.3 is 0 Å². The number of amides is 1. The number of hydrogen-bond acceptors (Lipinski definition) is 4. The summed E-state index contributed by atoms with van der Waals surface area (Å²) in [5.74, 6) is 0.0833. The minimum atomic E-state index is -0.0620. The number of carbonyl (C=O) groups excluding carboxylic acids is 1. The molecule has 5 heteroatoms. The lowest BCUT2D eigenvalue weighted by Gasteiger charge is -2.29. The number of fused-ring (bicyclic) bond motifs is 1. The van der Waals surface area contributed by atoms with Gasteiger partial charge in [0.1, 0.15) is 12.4 Å². The molecule has 1 N–H and O–H groups in total. The van der Waals surface area contributed by atoms with Crippen LogP contribution in [0.15, 0.2) is 16.8 Å². The van der Waals surface area contributed by atoms with Gasteiger partial charge < -0.3 is 0 Å². The number of carbonyl (C=O) groups is 1. The van der Waals surface area contributed by atoms with Crippen LogP contribution in [-0.2, 0) is 4.79 Å². The van der Waals surface area contributed by atoms with Crippen molar-refractivity contribution in [1.82, 2.24) is 15.4 Å². The third-order valence-corrected chi connectivity index (χ3v) is 2.58. The molecule has 0 radical (unpaired) electrons. The van der Waals surface area contributed by atoms with E-state index < -0.39 is 0 Å². The topological polar surface area (TPSA) is 47.9 Å². The second-order valence-corrected chi connectivity index (χ2v) is 4.05. The summed E-state index contributed by atoms with van der Waals surface area (Å²) in [6, 6.07) is -0.0620. The molecule has 1 atom stereocenters. The van der Waals surface area contributed by atoms with Crippen molar-refractivity contribution < 1.29 is 4.79 Å². The van der Waals surface area contributed by atoms with Crippen LogP contribution in [0.3, 0.4) is 0 Å². The van der Waals surface area contributed by atoms with E-state index in [0.29, 0.717) is 6.54 Å². The lowest BCUT2D eigenvalue weighted by atomic mass is 10.2. The standard InChI is InChI=1S/C10H16N4O/c1-8(2)4-6-13-10(15)9-3-5-11-14(9)7-12-13/h4,7,9,11H,3,5-6H2,1-2H3. The van der Waals surface area contributed by atoms with Gasteiger partial charge in [0.05, 0.1) is 6.54 Å². The molecule has 1 fully saturated rings. The Morgan fingerprint density at radius 2 is 2.53 bits per heavy atom. The average molecular weight is 208 g/mol. The van der Waals surface area contributed by atoms with Gasteiger partial charge in [-0.15, -0.1) is 0 Å². The number of nitrogens with one attached hydrogen (secondary N) is 1. The van der Waals surface area contributed by atoms with Crippen molar-refractivity contribution >= 4 is 12.2 Å². The molecule has 2 aliphatic rings. The molecule has 0 aromatic rings. The van der Waals surface area contributed by atoms with Crippen molar-refractivity contribution in [3.8, 4) is 0 Å². The van der Waals surface area contributed by atoms with Gasteiger partial charge in [0, 0.05) is 6.54 Å². The molecule has 2 rings (SSSR count). The van der Waals surface area contributed by atoms with E-state index >= 15 is 0 Å². The highest BCUT2D eigenvalue weighted by Gasteiger charge is 2.35. The van der Waals surface area contributed by atoms with Gasteiger partial charge in [0.25, 0.3) is 5.91 Å². The molecule has 1 unspecified atom stereocenters. The van der Waals surface area contributed by atoms with E-state index in [9.17, 15) is 4.79 Å². The van der Waals surface area contributed by atoms with Crippen molar-refractivity contribution in [3.63, 3.8) is 0 Å². The largest absolute Gasteiger partial charge is 0.284 e. The van der Waals surface area contributed by atoms with Crippen molar-refractivity contribution in [3.05, 3.63) is 11.6 Å². The SMILES string of the molecule is CC(C)=CCN1N=CN2NCCC2C1=O. The second-order valence-electron chi connectivity index (χ2n) is 4.05. The molecular weight excluding hydrogens is 192 g/mol. The molecule has 0 aliphatic carbocycles. The lowest BCUT2D eigenvalue weighted by molar-refractivity contribution is -0.136. The minimum Gasteiger partial charge on any atom is -0.284 e. The number of rotatable bonds is 2. The fourth-order valence-corrected chi connectivity index (χ4v) is 1.70. The molecule has 0 spiro atoms. The number of hydrogen-bond donors (Lipinski definition) is 1. The van der Waals surface area contributed by atoms with Crippen molar-refractivity contribution in [2.45, 2.75) is 26.3 Å². The quantitative estimate of drug-likeness (QED) is 0.665. The Bertz CT molecular complexity index is 319. The maximum Gasteiger partial charge on any atom is 0.267 e. The van der Waals surface area contributed by atoms with Crippen LogP contribution < -0.4 is 5.43 Å². The zero-order valence-electron chi connectivity index (χ0n) is 9.10. The van der Waals surface area contributed by atoms with Crippen LogP contribution in [0.4, 0.5) is 0 Å². The first-order chi connectivity index (χ1) is 7.18. The molecule has 0 aromatic carbocycles. The fraction of sp³-hybridized carbons (Fsp3) is 0.600. The lowest BCUT2D eigenvalue weighted by Crippen LogP contribution is -2.50. The zero-order valence-corrected chi connectivity index (χ0v) is 9.10. The predicted molar refractivity (Wildman–Crippen MR) is 57.9 cm³/mol. The highest BCUT2D eigenvalue weighted by atomic mass is 16.2. The molecule has 2 heterocycles. The van der Waals surface area contributed by atoms with E-state index in [0.717, 1.165) is 13.0 Å². The molecule has 2 aliphatic heterocycles. The molecule has 1 amide bonds. The summed E-state index contributed by atoms with van der Waals surface area (Å²) in [4.78, 5) is 11.9. The molecule has 1 saturated heterocycles. The Hall–Kier alpha value is -1.36. The summed E-state index contributed by atoms with van der Waals surface area (Å²) in [7, 11) is 0. The van der Waals surface area contributed by atoms with E-state index in [2.05, 4.69) is 10.5 Å². The summed E-state index contributed by atoms with van der Waals surface area (Å²) in [5.41, 5.74) is 4.29. The van der Waals surface area contributed by atoms with Gasteiger partial charge in [0.15, 0.2) is 0 Å². The molecule has 0 bridgehead atoms. The van der Waals surface area contributed by atoms with Crippen LogP contribution in [0, 0.1) is 0 Å². The van der Waals surface area contributed by atoms with Crippen LogP contribution in [0.5, 0.6) is 0 Å². The normalized spacial score (nSPS) is 24.4. The predicted octanol–water partition coefficient (Wildman–Crippen LogP) is 0.317. The third-order valence-electron chi connectivity index (χ3n) is 2.58. The molecule has 0 aromatic heterocycles. The van der Waals surface area contributed by atoms with Crippen LogP contribution in [0.1, 0.15) is 20.3 Å². The monoisotopic (exact) mass is 208 g/mol. The average Bonchev–Trinajstić information content (AvgIpc) is 2.65. The first kappa shape index (κ1) is 10.2. The number of allylic oxidation sites excluding steroid dienone is 1. The van der Waals surface area contributed by atoms with Crippen LogP contribution in [0.2, 0.25) is 0 Å². The van der Waals surface area contributed by atoms with E-state index in [4.69, 9.17) is 0 Å². The van der Waals surface area contributed by atoms with Gasteiger partial charge in [-0.25, -0.2) is 10.4 Å².